The van der Waals surface area contributed by atoms with E-state index in [0.717, 1.165) is 39.7 Å². The molecule has 1 aliphatic rings. The Labute approximate surface area is 198 Å². The SMILES string of the molecule is C#CCOc1c(I)cc(C=C(C#N)C(=O)Nc2sc3c(c2C#N)CCCC3)cc1OC. The minimum atomic E-state index is -0.556. The lowest BCUT2D eigenvalue weighted by Crippen LogP contribution is -2.13. The fraction of sp³-hybridized carbons (Fsp3) is 0.261. The summed E-state index contributed by atoms with van der Waals surface area (Å²) >= 11 is 3.50. The van der Waals surface area contributed by atoms with E-state index in [-0.39, 0.29) is 12.2 Å². The molecule has 156 valence electrons. The lowest BCUT2D eigenvalue weighted by atomic mass is 9.96. The summed E-state index contributed by atoms with van der Waals surface area (Å²) in [6.07, 6.45) is 10.6. The molecule has 1 N–H and O–H groups in total. The van der Waals surface area contributed by atoms with Gasteiger partial charge in [-0.15, -0.1) is 17.8 Å². The average Bonchev–Trinajstić information content (AvgIpc) is 3.13. The molecule has 8 heteroatoms. The molecule has 1 amide bonds. The number of rotatable bonds is 6. The summed E-state index contributed by atoms with van der Waals surface area (Å²) in [5, 5.41) is 22.4. The number of hydrogen-bond donors (Lipinski definition) is 1. The molecular weight excluding hydrogens is 525 g/mol. The van der Waals surface area contributed by atoms with Gasteiger partial charge in [-0.2, -0.15) is 10.5 Å². The molecule has 1 aromatic heterocycles. The number of nitrogens with zero attached hydrogens (tertiary/aromatic N) is 2. The van der Waals surface area contributed by atoms with Crippen LogP contribution < -0.4 is 14.8 Å². The first-order chi connectivity index (χ1) is 15.0. The second-order valence-corrected chi connectivity index (χ2v) is 8.95. The first-order valence-electron chi connectivity index (χ1n) is 9.44. The van der Waals surface area contributed by atoms with Crippen LogP contribution in [0.25, 0.3) is 6.08 Å². The van der Waals surface area contributed by atoms with Gasteiger partial charge >= 0.3 is 0 Å². The summed E-state index contributed by atoms with van der Waals surface area (Å²) in [7, 11) is 1.50. The molecule has 0 unspecified atom stereocenters. The summed E-state index contributed by atoms with van der Waals surface area (Å²) in [5.74, 6) is 2.80. The summed E-state index contributed by atoms with van der Waals surface area (Å²) < 4.78 is 11.6. The number of halogens is 1. The Balaban J connectivity index is 1.89. The number of carbonyl (C=O) groups is 1. The number of ether oxygens (including phenoxy) is 2. The number of anilines is 1. The van der Waals surface area contributed by atoms with E-state index in [1.165, 1.54) is 24.5 Å². The van der Waals surface area contributed by atoms with Crippen LogP contribution in [0.4, 0.5) is 5.00 Å². The van der Waals surface area contributed by atoms with Crippen LogP contribution >= 0.6 is 33.9 Å². The summed E-state index contributed by atoms with van der Waals surface area (Å²) in [5.41, 5.74) is 2.06. The largest absolute Gasteiger partial charge is 0.493 e. The van der Waals surface area contributed by atoms with Crippen molar-refractivity contribution < 1.29 is 14.3 Å². The number of aryl methyl sites for hydroxylation is 1. The van der Waals surface area contributed by atoms with E-state index < -0.39 is 5.91 Å². The number of thiophene rings is 1. The van der Waals surface area contributed by atoms with Crippen molar-refractivity contribution in [3.63, 3.8) is 0 Å². The van der Waals surface area contributed by atoms with Crippen molar-refractivity contribution in [2.45, 2.75) is 25.7 Å². The van der Waals surface area contributed by atoms with Gasteiger partial charge in [0.1, 0.15) is 29.3 Å². The number of benzene rings is 1. The highest BCUT2D eigenvalue weighted by Crippen LogP contribution is 2.38. The second-order valence-electron chi connectivity index (χ2n) is 6.68. The molecule has 0 saturated carbocycles. The van der Waals surface area contributed by atoms with E-state index >= 15 is 0 Å². The Hall–Kier alpha value is -3.00. The first-order valence-corrected chi connectivity index (χ1v) is 11.3. The summed E-state index contributed by atoms with van der Waals surface area (Å²) in [6, 6.07) is 7.59. The number of amides is 1. The zero-order valence-electron chi connectivity index (χ0n) is 16.8. The predicted molar refractivity (Wildman–Crippen MR) is 128 cm³/mol. The topological polar surface area (TPSA) is 95.1 Å². The number of carbonyl (C=O) groups excluding carboxylic acids is 1. The van der Waals surface area contributed by atoms with Crippen LogP contribution in [-0.2, 0) is 17.6 Å². The maximum absolute atomic E-state index is 12.8. The van der Waals surface area contributed by atoms with E-state index in [1.807, 2.05) is 6.07 Å². The Kier molecular flexibility index (Phi) is 7.57. The minimum Gasteiger partial charge on any atom is -0.493 e. The van der Waals surface area contributed by atoms with Gasteiger partial charge in [-0.05, 0) is 77.6 Å². The van der Waals surface area contributed by atoms with Crippen LogP contribution in [0.5, 0.6) is 11.5 Å². The Morgan fingerprint density at radius 1 is 1.35 bits per heavy atom. The van der Waals surface area contributed by atoms with E-state index in [4.69, 9.17) is 15.9 Å². The quantitative estimate of drug-likeness (QED) is 0.247. The molecule has 1 aromatic carbocycles. The first kappa shape index (κ1) is 22.7. The summed E-state index contributed by atoms with van der Waals surface area (Å²) in [6.45, 7) is 0.0966. The molecule has 0 spiro atoms. The molecule has 0 saturated heterocycles. The van der Waals surface area contributed by atoms with Gasteiger partial charge in [0.15, 0.2) is 11.5 Å². The van der Waals surface area contributed by atoms with Gasteiger partial charge in [-0.3, -0.25) is 4.79 Å². The van der Waals surface area contributed by atoms with Crippen molar-refractivity contribution in [3.8, 4) is 36.0 Å². The van der Waals surface area contributed by atoms with Crippen molar-refractivity contribution in [3.05, 3.63) is 42.8 Å². The normalized spacial score (nSPS) is 12.7. The molecule has 0 atom stereocenters. The Bertz CT molecular complexity index is 1180. The van der Waals surface area contributed by atoms with Crippen LogP contribution in [-0.4, -0.2) is 19.6 Å². The number of nitrogens with one attached hydrogen (secondary N) is 1. The summed E-state index contributed by atoms with van der Waals surface area (Å²) in [4.78, 5) is 13.9. The molecular formula is C23H18IN3O3S. The molecule has 1 heterocycles. The highest BCUT2D eigenvalue weighted by molar-refractivity contribution is 14.1. The van der Waals surface area contributed by atoms with Gasteiger partial charge < -0.3 is 14.8 Å². The molecule has 2 aromatic rings. The number of terminal acetylenes is 1. The van der Waals surface area contributed by atoms with Crippen LogP contribution in [0.15, 0.2) is 17.7 Å². The number of fused-ring (bicyclic) bond motifs is 1. The van der Waals surface area contributed by atoms with E-state index in [2.05, 4.69) is 39.9 Å². The van der Waals surface area contributed by atoms with Crippen LogP contribution in [0.1, 0.15) is 34.4 Å². The van der Waals surface area contributed by atoms with Gasteiger partial charge in [0.25, 0.3) is 5.91 Å². The zero-order valence-corrected chi connectivity index (χ0v) is 19.7. The third-order valence-corrected chi connectivity index (χ3v) is 6.75. The molecule has 0 aliphatic heterocycles. The second kappa shape index (κ2) is 10.3. The average molecular weight is 543 g/mol. The van der Waals surface area contributed by atoms with Crippen molar-refractivity contribution in [1.29, 1.82) is 10.5 Å². The van der Waals surface area contributed by atoms with Crippen molar-refractivity contribution in [1.82, 2.24) is 0 Å². The maximum atomic E-state index is 12.8. The van der Waals surface area contributed by atoms with Crippen LogP contribution in [0.2, 0.25) is 0 Å². The van der Waals surface area contributed by atoms with E-state index in [1.54, 1.807) is 12.1 Å². The lowest BCUT2D eigenvalue weighted by Gasteiger charge is -2.12. The van der Waals surface area contributed by atoms with Crippen LogP contribution in [0.3, 0.4) is 0 Å². The third kappa shape index (κ3) is 5.02. The fourth-order valence-corrected chi connectivity index (χ4v) is 5.35. The van der Waals surface area contributed by atoms with Gasteiger partial charge in [-0.1, -0.05) is 5.92 Å². The van der Waals surface area contributed by atoms with Gasteiger partial charge in [0, 0.05) is 4.88 Å². The molecule has 6 nitrogen and oxygen atoms in total. The Morgan fingerprint density at radius 2 is 2.13 bits per heavy atom. The van der Waals surface area contributed by atoms with Crippen molar-refractivity contribution in [2.75, 3.05) is 19.0 Å². The van der Waals surface area contributed by atoms with Gasteiger partial charge in [-0.25, -0.2) is 0 Å². The number of methoxy groups -OCH3 is 1. The standard InChI is InChI=1S/C23H18IN3O3S/c1-3-8-30-21-18(24)10-14(11-19(21)29-2)9-15(12-25)22(28)27-23-17(13-26)16-6-4-5-7-20(16)31-23/h1,9-11H,4-8H2,2H3,(H,27,28). The lowest BCUT2D eigenvalue weighted by molar-refractivity contribution is -0.112. The van der Waals surface area contributed by atoms with E-state index in [9.17, 15) is 15.3 Å². The molecule has 0 fully saturated rings. The minimum absolute atomic E-state index is 0.0783. The van der Waals surface area contributed by atoms with Crippen molar-refractivity contribution in [2.24, 2.45) is 0 Å². The highest BCUT2D eigenvalue weighted by Gasteiger charge is 2.23. The zero-order chi connectivity index (χ0) is 22.4. The number of nitriles is 2. The predicted octanol–water partition coefficient (Wildman–Crippen LogP) is 4.67. The molecule has 3 rings (SSSR count). The fourth-order valence-electron chi connectivity index (χ4n) is 3.33. The number of hydrogen-bond acceptors (Lipinski definition) is 6. The Morgan fingerprint density at radius 3 is 2.81 bits per heavy atom. The monoisotopic (exact) mass is 543 g/mol. The third-order valence-electron chi connectivity index (χ3n) is 4.74. The van der Waals surface area contributed by atoms with Gasteiger partial charge in [0.05, 0.1) is 16.2 Å². The highest BCUT2D eigenvalue weighted by atomic mass is 127. The molecule has 0 bridgehead atoms. The van der Waals surface area contributed by atoms with Gasteiger partial charge in [0.2, 0.25) is 0 Å². The van der Waals surface area contributed by atoms with Crippen LogP contribution in [0, 0.1) is 38.6 Å². The maximum Gasteiger partial charge on any atom is 0.266 e. The van der Waals surface area contributed by atoms with E-state index in [0.29, 0.717) is 27.6 Å². The molecule has 0 radical (unpaired) electrons. The molecule has 31 heavy (non-hydrogen) atoms. The smallest absolute Gasteiger partial charge is 0.266 e. The van der Waals surface area contributed by atoms with Crippen molar-refractivity contribution >= 4 is 50.9 Å². The molecule has 1 aliphatic carbocycles.